The van der Waals surface area contributed by atoms with E-state index in [-0.39, 0.29) is 24.5 Å². The smallest absolute Gasteiger partial charge is 0.0273 e. The predicted molar refractivity (Wildman–Crippen MR) is 143 cm³/mol. The van der Waals surface area contributed by atoms with Gasteiger partial charge in [-0.15, -0.1) is 12.4 Å². The number of hydrogen-bond acceptors (Lipinski definition) is 7. The van der Waals surface area contributed by atoms with Gasteiger partial charge in [-0.05, 0) is 112 Å². The zero-order chi connectivity index (χ0) is 23.0. The molecule has 0 saturated heterocycles. The summed E-state index contributed by atoms with van der Waals surface area (Å²) in [7, 11) is 0. The molecular formula is C25H44ClN7. The van der Waals surface area contributed by atoms with Gasteiger partial charge in [0.2, 0.25) is 0 Å². The molecule has 7 nitrogen and oxygen atoms in total. The fourth-order valence-corrected chi connectivity index (χ4v) is 3.80. The summed E-state index contributed by atoms with van der Waals surface area (Å²) in [5, 5.41) is 6.83. The minimum atomic E-state index is 0. The Hall–Kier alpha value is -1.58. The highest BCUT2D eigenvalue weighted by Crippen LogP contribution is 2.24. The minimum absolute atomic E-state index is 0. The molecule has 8 heteroatoms. The Morgan fingerprint density at radius 2 is 1.18 bits per heavy atom. The first kappa shape index (κ1) is 29.5. The number of halogens is 1. The first-order chi connectivity index (χ1) is 15.6. The third-order valence-corrected chi connectivity index (χ3v) is 5.56. The largest absolute Gasteiger partial charge is 0.330 e. The van der Waals surface area contributed by atoms with Crippen molar-refractivity contribution in [2.75, 3.05) is 39.3 Å². The molecule has 2 rings (SSSR count). The summed E-state index contributed by atoms with van der Waals surface area (Å²) in [6.45, 7) is 5.17. The maximum Gasteiger partial charge on any atom is 0.0273 e. The monoisotopic (exact) mass is 477 g/mol. The first-order valence-corrected chi connectivity index (χ1v) is 12.0. The predicted octanol–water partition coefficient (Wildman–Crippen LogP) is 1.57. The fourth-order valence-electron chi connectivity index (χ4n) is 3.80. The molecule has 0 aliphatic heterocycles. The molecule has 0 bridgehead atoms. The van der Waals surface area contributed by atoms with Crippen molar-refractivity contribution in [2.24, 2.45) is 22.9 Å². The van der Waals surface area contributed by atoms with Crippen LogP contribution in [-0.4, -0.2) is 56.3 Å². The third kappa shape index (κ3) is 12.5. The minimum Gasteiger partial charge on any atom is -0.330 e. The highest BCUT2D eigenvalue weighted by atomic mass is 35.5. The van der Waals surface area contributed by atoms with E-state index in [0.717, 1.165) is 83.4 Å². The van der Waals surface area contributed by atoms with Crippen molar-refractivity contribution in [1.29, 1.82) is 0 Å². The van der Waals surface area contributed by atoms with E-state index in [0.29, 0.717) is 0 Å². The van der Waals surface area contributed by atoms with Gasteiger partial charge in [-0.25, -0.2) is 0 Å². The molecule has 0 amide bonds. The van der Waals surface area contributed by atoms with Crippen LogP contribution in [0.4, 0.5) is 0 Å². The number of hydrogen-bond donors (Lipinski definition) is 6. The lowest BCUT2D eigenvalue weighted by atomic mass is 9.93. The number of aromatic nitrogens is 1. The van der Waals surface area contributed by atoms with Gasteiger partial charge >= 0.3 is 0 Å². The van der Waals surface area contributed by atoms with Gasteiger partial charge in [0.25, 0.3) is 0 Å². The number of nitrogens with one attached hydrogen (secondary N) is 2. The van der Waals surface area contributed by atoms with Crippen molar-refractivity contribution < 1.29 is 0 Å². The Bertz CT molecular complexity index is 705. The summed E-state index contributed by atoms with van der Waals surface area (Å²) >= 11 is 0. The van der Waals surface area contributed by atoms with E-state index in [1.165, 1.54) is 16.7 Å². The van der Waals surface area contributed by atoms with E-state index >= 15 is 0 Å². The lowest BCUT2D eigenvalue weighted by Crippen LogP contribution is -2.30. The van der Waals surface area contributed by atoms with Crippen molar-refractivity contribution in [3.8, 4) is 11.1 Å². The van der Waals surface area contributed by atoms with E-state index in [1.807, 2.05) is 24.5 Å². The Kier molecular flexibility index (Phi) is 15.9. The van der Waals surface area contributed by atoms with Crippen LogP contribution in [0.3, 0.4) is 0 Å². The van der Waals surface area contributed by atoms with Gasteiger partial charge < -0.3 is 33.6 Å². The Labute approximate surface area is 205 Å². The van der Waals surface area contributed by atoms with Gasteiger partial charge in [0, 0.05) is 24.5 Å². The average molecular weight is 478 g/mol. The molecule has 186 valence electrons. The molecule has 0 radical (unpaired) electrons. The normalized spacial score (nSPS) is 12.8. The van der Waals surface area contributed by atoms with Crippen molar-refractivity contribution in [2.45, 2.75) is 50.6 Å². The molecule has 1 heterocycles. The standard InChI is InChI=1S/C25H43N7.ClH/c26-7-1-9-30-13-5-24(28)18-20-15-21(19-25(29)6-14-31-10-2-8-27)17-23(16-20)22-3-11-32-12-4-22;/h3-4,11-12,15-17,24-25,30-31H,1-2,5-10,13-14,18-19,26-29H2;1H. The summed E-state index contributed by atoms with van der Waals surface area (Å²) < 4.78 is 0. The van der Waals surface area contributed by atoms with Crippen LogP contribution in [-0.2, 0) is 12.8 Å². The number of rotatable bonds is 17. The van der Waals surface area contributed by atoms with E-state index in [1.54, 1.807) is 0 Å². The van der Waals surface area contributed by atoms with Gasteiger partial charge in [0.1, 0.15) is 0 Å². The van der Waals surface area contributed by atoms with Crippen molar-refractivity contribution in [3.63, 3.8) is 0 Å². The van der Waals surface area contributed by atoms with Crippen LogP contribution in [0.15, 0.2) is 42.7 Å². The van der Waals surface area contributed by atoms with Gasteiger partial charge in [0.05, 0.1) is 0 Å². The van der Waals surface area contributed by atoms with Crippen LogP contribution >= 0.6 is 12.4 Å². The maximum absolute atomic E-state index is 6.45. The van der Waals surface area contributed by atoms with E-state index < -0.39 is 0 Å². The molecule has 2 atom stereocenters. The summed E-state index contributed by atoms with van der Waals surface area (Å²) in [5.41, 5.74) is 28.9. The van der Waals surface area contributed by atoms with Crippen LogP contribution in [0.2, 0.25) is 0 Å². The molecule has 2 unspecified atom stereocenters. The molecule has 1 aromatic carbocycles. The van der Waals surface area contributed by atoms with Crippen molar-refractivity contribution >= 4 is 12.4 Å². The summed E-state index contributed by atoms with van der Waals surface area (Å²) in [6.07, 6.45) is 9.23. The molecule has 0 aliphatic rings. The molecule has 0 aliphatic carbocycles. The van der Waals surface area contributed by atoms with Crippen LogP contribution in [0, 0.1) is 0 Å². The lowest BCUT2D eigenvalue weighted by molar-refractivity contribution is 0.549. The van der Waals surface area contributed by atoms with E-state index in [9.17, 15) is 0 Å². The Balaban J connectivity index is 0.00000544. The SMILES string of the molecule is Cl.NCCCNCCC(N)Cc1cc(CC(N)CCNCCCN)cc(-c2ccncc2)c1. The third-order valence-electron chi connectivity index (χ3n) is 5.56. The molecule has 10 N–H and O–H groups in total. The second kappa shape index (κ2) is 17.8. The fraction of sp³-hybridized carbons (Fsp3) is 0.560. The Morgan fingerprint density at radius 1 is 0.697 bits per heavy atom. The molecule has 1 aromatic heterocycles. The number of benzene rings is 1. The molecule has 2 aromatic rings. The number of nitrogens with two attached hydrogens (primary N) is 4. The van der Waals surface area contributed by atoms with E-state index in [4.69, 9.17) is 22.9 Å². The molecule has 0 fully saturated rings. The van der Waals surface area contributed by atoms with Gasteiger partial charge in [-0.1, -0.05) is 18.2 Å². The molecule has 0 saturated carbocycles. The molecule has 33 heavy (non-hydrogen) atoms. The van der Waals surface area contributed by atoms with Crippen molar-refractivity contribution in [3.05, 3.63) is 53.9 Å². The summed E-state index contributed by atoms with van der Waals surface area (Å²) in [4.78, 5) is 4.15. The Morgan fingerprint density at radius 3 is 1.64 bits per heavy atom. The van der Waals surface area contributed by atoms with E-state index in [2.05, 4.69) is 33.8 Å². The number of pyridine rings is 1. The lowest BCUT2D eigenvalue weighted by Gasteiger charge is -2.17. The van der Waals surface area contributed by atoms with Gasteiger partial charge in [-0.2, -0.15) is 0 Å². The topological polar surface area (TPSA) is 141 Å². The number of nitrogens with zero attached hydrogens (tertiary/aromatic N) is 1. The zero-order valence-corrected chi connectivity index (χ0v) is 20.7. The highest BCUT2D eigenvalue weighted by molar-refractivity contribution is 5.85. The van der Waals surface area contributed by atoms with Gasteiger partial charge in [0.15, 0.2) is 0 Å². The quantitative estimate of drug-likeness (QED) is 0.190. The first-order valence-electron chi connectivity index (χ1n) is 12.0. The average Bonchev–Trinajstić information content (AvgIpc) is 2.79. The summed E-state index contributed by atoms with van der Waals surface area (Å²) in [6, 6.07) is 11.1. The second-order valence-corrected chi connectivity index (χ2v) is 8.56. The molecule has 0 spiro atoms. The van der Waals surface area contributed by atoms with Crippen LogP contribution < -0.4 is 33.6 Å². The van der Waals surface area contributed by atoms with Crippen LogP contribution in [0.25, 0.3) is 11.1 Å². The highest BCUT2D eigenvalue weighted by Gasteiger charge is 2.11. The summed E-state index contributed by atoms with van der Waals surface area (Å²) in [5.74, 6) is 0. The zero-order valence-electron chi connectivity index (χ0n) is 19.8. The van der Waals surface area contributed by atoms with Crippen LogP contribution in [0.5, 0.6) is 0 Å². The second-order valence-electron chi connectivity index (χ2n) is 8.56. The van der Waals surface area contributed by atoms with Gasteiger partial charge in [-0.3, -0.25) is 4.98 Å². The van der Waals surface area contributed by atoms with Crippen molar-refractivity contribution in [1.82, 2.24) is 15.6 Å². The molecular weight excluding hydrogens is 434 g/mol. The maximum atomic E-state index is 6.45. The van der Waals surface area contributed by atoms with Crippen LogP contribution in [0.1, 0.15) is 36.8 Å².